The molecule has 172 valence electrons. The monoisotopic (exact) mass is 489 g/mol. The number of ketones is 1. The minimum Gasteiger partial charge on any atom is -0.325 e. The molecule has 0 atom stereocenters. The highest BCUT2D eigenvalue weighted by Gasteiger charge is 2.18. The molecule has 0 saturated heterocycles. The highest BCUT2D eigenvalue weighted by Crippen LogP contribution is 2.36. The molecule has 1 N–H and O–H groups in total. The van der Waals surface area contributed by atoms with Crippen molar-refractivity contribution in [2.75, 3.05) is 11.1 Å². The highest BCUT2D eigenvalue weighted by atomic mass is 35.5. The molecule has 1 aliphatic rings. The number of hydrogen-bond acceptors (Lipinski definition) is 5. The molecule has 0 bridgehead atoms. The van der Waals surface area contributed by atoms with E-state index in [-0.39, 0.29) is 17.4 Å². The van der Waals surface area contributed by atoms with E-state index in [4.69, 9.17) is 21.6 Å². The topological polar surface area (TPSA) is 70.9 Å². The van der Waals surface area contributed by atoms with Gasteiger partial charge in [-0.05, 0) is 73.9 Å². The van der Waals surface area contributed by atoms with Gasteiger partial charge in [0, 0.05) is 22.7 Å². The number of benzene rings is 3. The molecule has 0 radical (unpaired) electrons. The Bertz CT molecular complexity index is 1330. The van der Waals surface area contributed by atoms with Gasteiger partial charge in [0.15, 0.2) is 5.78 Å². The fraction of sp³-hybridized carbons (Fsp3) is 0.185. The molecule has 3 aromatic carbocycles. The second-order valence-electron chi connectivity index (χ2n) is 8.15. The molecule has 1 aliphatic heterocycles. The zero-order valence-corrected chi connectivity index (χ0v) is 20.8. The fourth-order valence-corrected chi connectivity index (χ4v) is 4.42. The standard InChI is InChI=1S/C27H24ClN3O2S/c1-16-11-24-25(12-17(16)2)31-27(14-23(30-24)19-7-9-21(28)10-8-19)34-15-26(33)29-22-6-4-5-20(13-22)18(3)32/h4-13H,14-15H2,1-3H3,(H,29,33). The van der Waals surface area contributed by atoms with E-state index in [0.29, 0.717) is 22.7 Å². The van der Waals surface area contributed by atoms with Gasteiger partial charge in [-0.25, -0.2) is 4.99 Å². The van der Waals surface area contributed by atoms with Gasteiger partial charge in [-0.3, -0.25) is 14.6 Å². The van der Waals surface area contributed by atoms with Gasteiger partial charge in [0.05, 0.1) is 27.9 Å². The van der Waals surface area contributed by atoms with Crippen LogP contribution in [-0.4, -0.2) is 28.2 Å². The molecule has 0 saturated carbocycles. The van der Waals surface area contributed by atoms with Gasteiger partial charge in [0.1, 0.15) is 0 Å². The lowest BCUT2D eigenvalue weighted by Crippen LogP contribution is -2.16. The van der Waals surface area contributed by atoms with Crippen LogP contribution in [-0.2, 0) is 4.79 Å². The maximum absolute atomic E-state index is 12.6. The van der Waals surface area contributed by atoms with E-state index >= 15 is 0 Å². The Hall–Kier alpha value is -3.22. The first-order valence-electron chi connectivity index (χ1n) is 10.8. The second-order valence-corrected chi connectivity index (χ2v) is 9.63. The Morgan fingerprint density at radius 1 is 0.971 bits per heavy atom. The Morgan fingerprint density at radius 3 is 2.32 bits per heavy atom. The van der Waals surface area contributed by atoms with Crippen LogP contribution in [0.5, 0.6) is 0 Å². The van der Waals surface area contributed by atoms with Crippen LogP contribution in [0.25, 0.3) is 0 Å². The zero-order valence-electron chi connectivity index (χ0n) is 19.2. The third kappa shape index (κ3) is 5.82. The number of hydrogen-bond donors (Lipinski definition) is 1. The van der Waals surface area contributed by atoms with E-state index in [1.165, 1.54) is 18.7 Å². The van der Waals surface area contributed by atoms with Gasteiger partial charge in [-0.1, -0.05) is 35.9 Å². The van der Waals surface area contributed by atoms with Crippen LogP contribution in [0.3, 0.4) is 0 Å². The summed E-state index contributed by atoms with van der Waals surface area (Å²) < 4.78 is 0. The lowest BCUT2D eigenvalue weighted by molar-refractivity contribution is -0.113. The molecule has 5 nitrogen and oxygen atoms in total. The van der Waals surface area contributed by atoms with Crippen molar-refractivity contribution in [1.82, 2.24) is 0 Å². The van der Waals surface area contributed by atoms with E-state index in [9.17, 15) is 9.59 Å². The Morgan fingerprint density at radius 2 is 1.65 bits per heavy atom. The van der Waals surface area contributed by atoms with Crippen molar-refractivity contribution in [3.8, 4) is 0 Å². The molecule has 0 spiro atoms. The van der Waals surface area contributed by atoms with Crippen molar-refractivity contribution in [1.29, 1.82) is 0 Å². The molecule has 1 amide bonds. The summed E-state index contributed by atoms with van der Waals surface area (Å²) in [6.45, 7) is 5.61. The van der Waals surface area contributed by atoms with Crippen molar-refractivity contribution in [2.24, 2.45) is 9.98 Å². The number of halogens is 1. The Kier molecular flexibility index (Phi) is 7.29. The molecule has 4 rings (SSSR count). The first-order chi connectivity index (χ1) is 16.3. The van der Waals surface area contributed by atoms with Crippen LogP contribution < -0.4 is 5.32 Å². The third-order valence-corrected chi connectivity index (χ3v) is 6.74. The lowest BCUT2D eigenvalue weighted by atomic mass is 10.1. The van der Waals surface area contributed by atoms with E-state index in [2.05, 4.69) is 19.2 Å². The number of anilines is 1. The third-order valence-electron chi connectivity index (χ3n) is 5.51. The average Bonchev–Trinajstić information content (AvgIpc) is 2.98. The van der Waals surface area contributed by atoms with Gasteiger partial charge < -0.3 is 5.32 Å². The number of thioether (sulfide) groups is 1. The summed E-state index contributed by atoms with van der Waals surface area (Å²) in [5.41, 5.74) is 6.90. The summed E-state index contributed by atoms with van der Waals surface area (Å²) in [5, 5.41) is 4.34. The number of Topliss-reactive ketones (excluding diaryl/α,β-unsaturated/α-hetero) is 1. The number of amides is 1. The van der Waals surface area contributed by atoms with Crippen LogP contribution in [0, 0.1) is 13.8 Å². The number of carbonyl (C=O) groups is 2. The van der Waals surface area contributed by atoms with Crippen molar-refractivity contribution in [3.63, 3.8) is 0 Å². The van der Waals surface area contributed by atoms with Gasteiger partial charge in [-0.15, -0.1) is 11.8 Å². The van der Waals surface area contributed by atoms with Crippen LogP contribution in [0.1, 0.15) is 40.4 Å². The number of rotatable bonds is 5. The normalized spacial score (nSPS) is 12.8. The second kappa shape index (κ2) is 10.4. The maximum atomic E-state index is 12.6. The molecule has 3 aromatic rings. The van der Waals surface area contributed by atoms with Crippen LogP contribution in [0.4, 0.5) is 17.1 Å². The van der Waals surface area contributed by atoms with Crippen LogP contribution >= 0.6 is 23.4 Å². The van der Waals surface area contributed by atoms with Gasteiger partial charge in [0.25, 0.3) is 0 Å². The summed E-state index contributed by atoms with van der Waals surface area (Å²) in [5.74, 6) is -0.0172. The lowest BCUT2D eigenvalue weighted by Gasteiger charge is -2.09. The molecule has 1 heterocycles. The van der Waals surface area contributed by atoms with E-state index < -0.39 is 0 Å². The SMILES string of the molecule is CC(=O)c1cccc(NC(=O)CSC2=Nc3cc(C)c(C)cc3N=C(c3ccc(Cl)cc3)C2)c1. The van der Waals surface area contributed by atoms with Crippen LogP contribution in [0.2, 0.25) is 5.02 Å². The molecular formula is C27H24ClN3O2S. The van der Waals surface area contributed by atoms with E-state index in [1.54, 1.807) is 24.3 Å². The largest absolute Gasteiger partial charge is 0.325 e. The predicted octanol–water partition coefficient (Wildman–Crippen LogP) is 7.09. The minimum atomic E-state index is -0.164. The van der Waals surface area contributed by atoms with Crippen LogP contribution in [0.15, 0.2) is 70.6 Å². The van der Waals surface area contributed by atoms with Gasteiger partial charge in [0.2, 0.25) is 5.91 Å². The highest BCUT2D eigenvalue weighted by molar-refractivity contribution is 8.14. The first-order valence-corrected chi connectivity index (χ1v) is 12.2. The Balaban J connectivity index is 1.56. The number of carbonyl (C=O) groups excluding carboxylic acids is 2. The molecule has 0 unspecified atom stereocenters. The molecule has 0 fully saturated rings. The summed E-state index contributed by atoms with van der Waals surface area (Å²) >= 11 is 7.47. The van der Waals surface area contributed by atoms with E-state index in [1.807, 2.05) is 36.4 Å². The number of nitrogens with one attached hydrogen (secondary N) is 1. The van der Waals surface area contributed by atoms with Crippen molar-refractivity contribution < 1.29 is 9.59 Å². The molecule has 34 heavy (non-hydrogen) atoms. The first kappa shape index (κ1) is 23.9. The summed E-state index contributed by atoms with van der Waals surface area (Å²) in [6.07, 6.45) is 0.506. The number of aliphatic imine (C=N–C) groups is 2. The summed E-state index contributed by atoms with van der Waals surface area (Å²) in [6, 6.07) is 18.6. The van der Waals surface area contributed by atoms with Gasteiger partial charge in [-0.2, -0.15) is 0 Å². The summed E-state index contributed by atoms with van der Waals surface area (Å²) in [7, 11) is 0. The predicted molar refractivity (Wildman–Crippen MR) is 143 cm³/mol. The quantitative estimate of drug-likeness (QED) is 0.389. The summed E-state index contributed by atoms with van der Waals surface area (Å²) in [4.78, 5) is 34.0. The van der Waals surface area contributed by atoms with E-state index in [0.717, 1.165) is 38.8 Å². The van der Waals surface area contributed by atoms with Gasteiger partial charge >= 0.3 is 0 Å². The number of aryl methyl sites for hydroxylation is 2. The van der Waals surface area contributed by atoms with Crippen molar-refractivity contribution in [3.05, 3.63) is 87.9 Å². The smallest absolute Gasteiger partial charge is 0.234 e. The minimum absolute atomic E-state index is 0.0449. The van der Waals surface area contributed by atoms with Crippen molar-refractivity contribution in [2.45, 2.75) is 27.2 Å². The Labute approximate surface area is 208 Å². The molecule has 0 aromatic heterocycles. The fourth-order valence-electron chi connectivity index (χ4n) is 3.52. The molecule has 7 heteroatoms. The molecular weight excluding hydrogens is 466 g/mol. The van der Waals surface area contributed by atoms with Crippen molar-refractivity contribution >= 4 is 62.9 Å². The number of fused-ring (bicyclic) bond motifs is 1. The molecule has 0 aliphatic carbocycles. The average molecular weight is 490 g/mol. The zero-order chi connectivity index (χ0) is 24.2. The number of nitrogens with zero attached hydrogens (tertiary/aromatic N) is 2. The maximum Gasteiger partial charge on any atom is 0.234 e.